The van der Waals surface area contributed by atoms with Crippen molar-refractivity contribution in [2.24, 2.45) is 5.92 Å². The number of aryl methyl sites for hydroxylation is 1. The third-order valence-electron chi connectivity index (χ3n) is 5.17. The Kier molecular flexibility index (Phi) is 5.24. The lowest BCUT2D eigenvalue weighted by atomic mass is 9.88. The molecule has 1 aliphatic rings. The molecule has 0 bridgehead atoms. The lowest BCUT2D eigenvalue weighted by molar-refractivity contribution is 0.0847. The number of aromatic nitrogens is 1. The summed E-state index contributed by atoms with van der Waals surface area (Å²) in [5.41, 5.74) is 10.3. The zero-order chi connectivity index (χ0) is 17.1. The number of nitrogens with two attached hydrogens (primary N) is 1. The number of hydrogen-bond acceptors (Lipinski definition) is 4. The number of hydrogen-bond donors (Lipinski definition) is 1. The predicted octanol–water partition coefficient (Wildman–Crippen LogP) is 4.27. The molecular formula is C20H28N2O2. The largest absolute Gasteiger partial charge is 0.490 e. The molecule has 1 aliphatic carbocycles. The van der Waals surface area contributed by atoms with Crippen molar-refractivity contribution in [3.05, 3.63) is 29.5 Å². The average Bonchev–Trinajstić information content (AvgIpc) is 2.57. The molecule has 0 spiro atoms. The van der Waals surface area contributed by atoms with Gasteiger partial charge in [0.2, 0.25) is 0 Å². The second-order valence-corrected chi connectivity index (χ2v) is 6.81. The van der Waals surface area contributed by atoms with Crippen LogP contribution in [-0.4, -0.2) is 24.8 Å². The highest BCUT2D eigenvalue weighted by atomic mass is 16.5. The SMILES string of the molecule is CCc1c(C)nc2cccc(OC3CCC(COC)CC3)c2c1N. The van der Waals surface area contributed by atoms with Gasteiger partial charge < -0.3 is 15.2 Å². The van der Waals surface area contributed by atoms with Crippen LogP contribution in [-0.2, 0) is 11.2 Å². The maximum atomic E-state index is 6.46. The van der Waals surface area contributed by atoms with Gasteiger partial charge in [0.25, 0.3) is 0 Å². The first-order chi connectivity index (χ1) is 11.6. The first-order valence-electron chi connectivity index (χ1n) is 8.97. The molecule has 0 amide bonds. The molecule has 1 heterocycles. The molecule has 24 heavy (non-hydrogen) atoms. The molecule has 0 unspecified atom stereocenters. The van der Waals surface area contributed by atoms with Crippen LogP contribution in [0.5, 0.6) is 5.75 Å². The Bertz CT molecular complexity index is 706. The molecule has 3 rings (SSSR count). The van der Waals surface area contributed by atoms with Gasteiger partial charge in [0.15, 0.2) is 0 Å². The van der Waals surface area contributed by atoms with Crippen LogP contribution in [0.3, 0.4) is 0 Å². The molecule has 1 fully saturated rings. The molecule has 4 heteroatoms. The smallest absolute Gasteiger partial charge is 0.131 e. The van der Waals surface area contributed by atoms with Gasteiger partial charge in [-0.3, -0.25) is 4.98 Å². The second-order valence-electron chi connectivity index (χ2n) is 6.81. The van der Waals surface area contributed by atoms with E-state index in [1.165, 1.54) is 0 Å². The molecule has 1 aromatic heterocycles. The number of rotatable bonds is 5. The quantitative estimate of drug-likeness (QED) is 0.890. The zero-order valence-corrected chi connectivity index (χ0v) is 15.0. The minimum atomic E-state index is 0.259. The molecule has 0 saturated heterocycles. The van der Waals surface area contributed by atoms with E-state index in [1.54, 1.807) is 7.11 Å². The number of methoxy groups -OCH3 is 1. The summed E-state index contributed by atoms with van der Waals surface area (Å²) in [5.74, 6) is 1.55. The van der Waals surface area contributed by atoms with Crippen molar-refractivity contribution in [2.75, 3.05) is 19.5 Å². The van der Waals surface area contributed by atoms with Crippen LogP contribution >= 0.6 is 0 Å². The number of ether oxygens (including phenoxy) is 2. The third-order valence-corrected chi connectivity index (χ3v) is 5.17. The molecule has 0 aliphatic heterocycles. The van der Waals surface area contributed by atoms with Gasteiger partial charge in [-0.1, -0.05) is 13.0 Å². The summed E-state index contributed by atoms with van der Waals surface area (Å²) in [6, 6.07) is 6.04. The first kappa shape index (κ1) is 17.0. The van der Waals surface area contributed by atoms with E-state index in [-0.39, 0.29) is 6.10 Å². The molecule has 130 valence electrons. The van der Waals surface area contributed by atoms with Gasteiger partial charge in [0.05, 0.1) is 17.0 Å². The third kappa shape index (κ3) is 3.34. The van der Waals surface area contributed by atoms with E-state index in [1.807, 2.05) is 25.1 Å². The lowest BCUT2D eigenvalue weighted by Crippen LogP contribution is -2.26. The van der Waals surface area contributed by atoms with Gasteiger partial charge in [-0.25, -0.2) is 0 Å². The number of benzene rings is 1. The fourth-order valence-electron chi connectivity index (χ4n) is 3.85. The fraction of sp³-hybridized carbons (Fsp3) is 0.550. The fourth-order valence-corrected chi connectivity index (χ4v) is 3.85. The van der Waals surface area contributed by atoms with Crippen molar-refractivity contribution in [1.29, 1.82) is 0 Å². The van der Waals surface area contributed by atoms with Crippen molar-refractivity contribution in [3.8, 4) is 5.75 Å². The van der Waals surface area contributed by atoms with E-state index >= 15 is 0 Å². The van der Waals surface area contributed by atoms with E-state index in [9.17, 15) is 0 Å². The van der Waals surface area contributed by atoms with Crippen LogP contribution in [0.15, 0.2) is 18.2 Å². The molecule has 1 saturated carbocycles. The van der Waals surface area contributed by atoms with Gasteiger partial charge in [-0.2, -0.15) is 0 Å². The molecule has 0 atom stereocenters. The molecule has 2 aromatic rings. The van der Waals surface area contributed by atoms with Gasteiger partial charge >= 0.3 is 0 Å². The number of nitrogens with zero attached hydrogens (tertiary/aromatic N) is 1. The first-order valence-corrected chi connectivity index (χ1v) is 8.97. The van der Waals surface area contributed by atoms with E-state index < -0.39 is 0 Å². The van der Waals surface area contributed by atoms with Crippen molar-refractivity contribution >= 4 is 16.6 Å². The van der Waals surface area contributed by atoms with Crippen LogP contribution in [0.1, 0.15) is 43.9 Å². The average molecular weight is 328 g/mol. The number of nitrogen functional groups attached to an aromatic ring is 1. The Hall–Kier alpha value is -1.81. The molecular weight excluding hydrogens is 300 g/mol. The molecule has 4 nitrogen and oxygen atoms in total. The normalized spacial score (nSPS) is 21.1. The van der Waals surface area contributed by atoms with Crippen molar-refractivity contribution in [1.82, 2.24) is 4.98 Å². The maximum absolute atomic E-state index is 6.46. The van der Waals surface area contributed by atoms with E-state index in [0.717, 1.165) is 72.3 Å². The molecule has 1 aromatic carbocycles. The number of fused-ring (bicyclic) bond motifs is 1. The van der Waals surface area contributed by atoms with Crippen LogP contribution < -0.4 is 10.5 Å². The van der Waals surface area contributed by atoms with Crippen LogP contribution in [0, 0.1) is 12.8 Å². The van der Waals surface area contributed by atoms with Crippen molar-refractivity contribution in [3.63, 3.8) is 0 Å². The highest BCUT2D eigenvalue weighted by molar-refractivity contribution is 5.97. The van der Waals surface area contributed by atoms with Crippen LogP contribution in [0.4, 0.5) is 5.69 Å². The van der Waals surface area contributed by atoms with Crippen molar-refractivity contribution in [2.45, 2.75) is 52.1 Å². The minimum Gasteiger partial charge on any atom is -0.490 e. The monoisotopic (exact) mass is 328 g/mol. The summed E-state index contributed by atoms with van der Waals surface area (Å²) in [7, 11) is 1.78. The zero-order valence-electron chi connectivity index (χ0n) is 15.0. The van der Waals surface area contributed by atoms with Gasteiger partial charge in [-0.05, 0) is 62.6 Å². The number of anilines is 1. The van der Waals surface area contributed by atoms with Gasteiger partial charge in [0, 0.05) is 25.1 Å². The van der Waals surface area contributed by atoms with E-state index in [0.29, 0.717) is 5.92 Å². The van der Waals surface area contributed by atoms with Crippen LogP contribution in [0.25, 0.3) is 10.9 Å². The van der Waals surface area contributed by atoms with Gasteiger partial charge in [0.1, 0.15) is 5.75 Å². The predicted molar refractivity (Wildman–Crippen MR) is 98.5 cm³/mol. The summed E-state index contributed by atoms with van der Waals surface area (Å²) in [4.78, 5) is 4.72. The number of pyridine rings is 1. The minimum absolute atomic E-state index is 0.259. The Morgan fingerprint density at radius 2 is 1.96 bits per heavy atom. The topological polar surface area (TPSA) is 57.4 Å². The highest BCUT2D eigenvalue weighted by Gasteiger charge is 2.23. The Morgan fingerprint density at radius 1 is 1.21 bits per heavy atom. The van der Waals surface area contributed by atoms with Gasteiger partial charge in [-0.15, -0.1) is 0 Å². The van der Waals surface area contributed by atoms with Crippen LogP contribution in [0.2, 0.25) is 0 Å². The summed E-state index contributed by atoms with van der Waals surface area (Å²) >= 11 is 0. The molecule has 2 N–H and O–H groups in total. The lowest BCUT2D eigenvalue weighted by Gasteiger charge is -2.29. The standard InChI is InChI=1S/C20H28N2O2/c1-4-16-13(2)22-17-6-5-7-18(19(17)20(16)21)24-15-10-8-14(9-11-15)12-23-3/h5-7,14-15H,4,8-12H2,1-3H3,(H2,21,22). The summed E-state index contributed by atoms with van der Waals surface area (Å²) in [6.45, 7) is 5.00. The Labute approximate surface area is 144 Å². The molecule has 0 radical (unpaired) electrons. The van der Waals surface area contributed by atoms with E-state index in [2.05, 4.69) is 6.92 Å². The summed E-state index contributed by atoms with van der Waals surface area (Å²) < 4.78 is 11.6. The Balaban J connectivity index is 1.85. The summed E-state index contributed by atoms with van der Waals surface area (Å²) in [6.07, 6.45) is 5.62. The Morgan fingerprint density at radius 3 is 2.62 bits per heavy atom. The summed E-state index contributed by atoms with van der Waals surface area (Å²) in [5, 5.41) is 0.971. The highest BCUT2D eigenvalue weighted by Crippen LogP contribution is 2.36. The maximum Gasteiger partial charge on any atom is 0.131 e. The van der Waals surface area contributed by atoms with E-state index in [4.69, 9.17) is 20.2 Å². The van der Waals surface area contributed by atoms with Crippen molar-refractivity contribution < 1.29 is 9.47 Å². The second kappa shape index (κ2) is 7.39.